The molecule has 164 valence electrons. The Balaban J connectivity index is 1.46. The fourth-order valence-corrected chi connectivity index (χ4v) is 5.62. The number of hydrogen-bond donors (Lipinski definition) is 2. The maximum absolute atomic E-state index is 12.8. The molecule has 2 aliphatic heterocycles. The number of H-pyrrole nitrogens is 1. The number of benzene rings is 1. The van der Waals surface area contributed by atoms with Crippen molar-refractivity contribution in [3.05, 3.63) is 53.5 Å². The number of aromatic nitrogens is 2. The lowest BCUT2D eigenvalue weighted by Gasteiger charge is -2.40. The molecule has 0 atom stereocenters. The van der Waals surface area contributed by atoms with Gasteiger partial charge in [0.25, 0.3) is 22.2 Å². The zero-order valence-corrected chi connectivity index (χ0v) is 17.1. The van der Waals surface area contributed by atoms with Gasteiger partial charge in [-0.2, -0.15) is 0 Å². The zero-order chi connectivity index (χ0) is 22.2. The Labute approximate surface area is 169 Å². The van der Waals surface area contributed by atoms with E-state index in [1.807, 2.05) is 4.98 Å². The average Bonchev–Trinajstić information content (AvgIpc) is 3.13. The van der Waals surface area contributed by atoms with Crippen molar-refractivity contribution >= 4 is 37.2 Å². The van der Waals surface area contributed by atoms with Crippen LogP contribution in [-0.2, 0) is 27.2 Å². The molecule has 31 heavy (non-hydrogen) atoms. The molecule has 0 aliphatic carbocycles. The summed E-state index contributed by atoms with van der Waals surface area (Å²) in [5.74, 6) is 0. The quantitative estimate of drug-likeness (QED) is 0.439. The van der Waals surface area contributed by atoms with Crippen molar-refractivity contribution in [3.8, 4) is 0 Å². The summed E-state index contributed by atoms with van der Waals surface area (Å²) in [6, 6.07) is 2.15. The second-order valence-corrected chi connectivity index (χ2v) is 10.3. The van der Waals surface area contributed by atoms with Crippen molar-refractivity contribution in [2.24, 2.45) is 5.41 Å². The van der Waals surface area contributed by atoms with Gasteiger partial charge in [-0.05, 0) is 12.1 Å². The third-order valence-corrected chi connectivity index (χ3v) is 7.18. The summed E-state index contributed by atoms with van der Waals surface area (Å²) in [4.78, 5) is 60.1. The van der Waals surface area contributed by atoms with Crippen LogP contribution in [0.2, 0.25) is 0 Å². The lowest BCUT2D eigenvalue weighted by atomic mass is 9.93. The molecule has 2 aromatic heterocycles. The molecule has 0 unspecified atom stereocenters. The molecule has 1 aromatic carbocycles. The molecule has 14 nitrogen and oxygen atoms in total. The molecule has 2 aliphatic rings. The van der Waals surface area contributed by atoms with Gasteiger partial charge >= 0.3 is 15.6 Å². The van der Waals surface area contributed by atoms with E-state index in [9.17, 15) is 33.2 Å². The van der Waals surface area contributed by atoms with Gasteiger partial charge in [-0.15, -0.1) is 0 Å². The lowest BCUT2D eigenvalue weighted by molar-refractivity contribution is -0.0926. The number of fused-ring (bicyclic) bond motifs is 2. The molecule has 2 fully saturated rings. The Morgan fingerprint density at radius 2 is 1.29 bits per heavy atom. The van der Waals surface area contributed by atoms with Crippen molar-refractivity contribution in [1.82, 2.24) is 9.71 Å². The van der Waals surface area contributed by atoms with Crippen molar-refractivity contribution in [2.45, 2.75) is 0 Å². The Bertz CT molecular complexity index is 1440. The fourth-order valence-electron chi connectivity index (χ4n) is 3.29. The number of nitrogens with zero attached hydrogens (tertiary/aromatic N) is 1. The largest absolute Gasteiger partial charge is 0.549 e. The van der Waals surface area contributed by atoms with E-state index in [-0.39, 0.29) is 52.7 Å². The Kier molecular flexibility index (Phi) is 4.31. The normalized spacial score (nSPS) is 31.5. The minimum atomic E-state index is -4.44. The summed E-state index contributed by atoms with van der Waals surface area (Å²) < 4.78 is 48.9. The fraction of sp³-hybridized carbons (Fsp3) is 0.333. The molecule has 2 saturated heterocycles. The van der Waals surface area contributed by atoms with Crippen molar-refractivity contribution in [2.75, 3.05) is 26.4 Å². The Morgan fingerprint density at radius 3 is 1.77 bits per heavy atom. The van der Waals surface area contributed by atoms with Crippen LogP contribution in [0.3, 0.4) is 0 Å². The summed E-state index contributed by atoms with van der Waals surface area (Å²) >= 11 is 0. The first kappa shape index (κ1) is 20.5. The monoisotopic (exact) mass is 474 g/mol. The Morgan fingerprint density at radius 1 is 0.839 bits per heavy atom. The van der Waals surface area contributed by atoms with Crippen molar-refractivity contribution < 1.29 is 36.7 Å². The van der Waals surface area contributed by atoms with E-state index in [2.05, 4.69) is 0 Å². The molecule has 16 heteroatoms. The first-order chi connectivity index (χ1) is 14.5. The summed E-state index contributed by atoms with van der Waals surface area (Å²) in [6.45, 7) is -1.24. The second kappa shape index (κ2) is 6.53. The van der Waals surface area contributed by atoms with Crippen LogP contribution < -0.4 is 26.9 Å². The van der Waals surface area contributed by atoms with Gasteiger partial charge in [0.15, 0.2) is 0 Å². The van der Waals surface area contributed by atoms with E-state index in [1.165, 1.54) is 0 Å². The number of hydrogen-bond acceptors (Lipinski definition) is 11. The predicted octanol–water partition coefficient (Wildman–Crippen LogP) is -0.844. The van der Waals surface area contributed by atoms with Gasteiger partial charge in [-0.25, -0.2) is 9.13 Å². The van der Waals surface area contributed by atoms with Gasteiger partial charge in [0.2, 0.25) is 0 Å². The van der Waals surface area contributed by atoms with Crippen LogP contribution in [0.25, 0.3) is 21.5 Å². The molecule has 3 aromatic rings. The summed E-state index contributed by atoms with van der Waals surface area (Å²) in [5, 5.41) is -0.601. The molecule has 0 bridgehead atoms. The topological polar surface area (TPSA) is 190 Å². The van der Waals surface area contributed by atoms with E-state index >= 15 is 0 Å². The highest BCUT2D eigenvalue weighted by molar-refractivity contribution is 7.48. The summed E-state index contributed by atoms with van der Waals surface area (Å²) in [5.41, 5.74) is -4.52. The summed E-state index contributed by atoms with van der Waals surface area (Å²) in [6.07, 6.45) is 0. The second-order valence-electron chi connectivity index (χ2n) is 7.22. The standard InChI is InChI=1S/C15H12N2O12P2/c18-11-7-1-9-10(2-8(7)12(19)16-11)14(21)17(13(9)20)29-31(24)27-5-15(6-28-31)3-25-30(22,23)26-4-15/h1-2H,3-6H2,(H,22,23)(H,16,18,19). The molecule has 4 heterocycles. The highest BCUT2D eigenvalue weighted by Crippen LogP contribution is 2.56. The molecule has 2 N–H and O–H groups in total. The van der Waals surface area contributed by atoms with Crippen LogP contribution in [0.15, 0.2) is 31.3 Å². The lowest BCUT2D eigenvalue weighted by Crippen LogP contribution is -2.46. The van der Waals surface area contributed by atoms with Crippen molar-refractivity contribution in [1.29, 1.82) is 0 Å². The van der Waals surface area contributed by atoms with Crippen LogP contribution in [0.5, 0.6) is 0 Å². The molecule has 0 radical (unpaired) electrons. The van der Waals surface area contributed by atoms with Gasteiger partial charge in [0.1, 0.15) is 0 Å². The molecule has 5 rings (SSSR count). The van der Waals surface area contributed by atoms with Crippen LogP contribution in [0, 0.1) is 5.41 Å². The van der Waals surface area contributed by atoms with Gasteiger partial charge < -0.3 is 9.52 Å². The predicted molar refractivity (Wildman–Crippen MR) is 101 cm³/mol. The number of phosphoric acid groups is 2. The summed E-state index contributed by atoms with van der Waals surface area (Å²) in [7, 11) is -8.60. The van der Waals surface area contributed by atoms with Crippen LogP contribution in [0.1, 0.15) is 0 Å². The first-order valence-corrected chi connectivity index (χ1v) is 11.6. The molecule has 0 amide bonds. The third kappa shape index (κ3) is 3.24. The highest BCUT2D eigenvalue weighted by atomic mass is 31.2. The van der Waals surface area contributed by atoms with E-state index < -0.39 is 43.3 Å². The smallest absolute Gasteiger partial charge is 0.304 e. The van der Waals surface area contributed by atoms with Crippen LogP contribution >= 0.6 is 15.6 Å². The van der Waals surface area contributed by atoms with Gasteiger partial charge in [0.05, 0.1) is 53.4 Å². The number of nitrogens with one attached hydrogen (secondary N) is 1. The van der Waals surface area contributed by atoms with Crippen molar-refractivity contribution in [3.63, 3.8) is 0 Å². The maximum atomic E-state index is 12.8. The average molecular weight is 474 g/mol. The third-order valence-electron chi connectivity index (χ3n) is 5.01. The van der Waals surface area contributed by atoms with Gasteiger partial charge in [-0.3, -0.25) is 42.3 Å². The number of rotatable bonds is 2. The van der Waals surface area contributed by atoms with E-state index in [0.717, 1.165) is 12.1 Å². The Hall–Kier alpha value is -2.44. The van der Waals surface area contributed by atoms with E-state index in [0.29, 0.717) is 0 Å². The maximum Gasteiger partial charge on any atom is 0.549 e. The highest BCUT2D eigenvalue weighted by Gasteiger charge is 2.50. The SMILES string of the molecule is O=c1[nH]c(=O)c2cc3c(=O)n(OP4(=O)OCC5(COP(=O)(O)OC5)CO4)c(=O)c3cc12. The van der Waals surface area contributed by atoms with Gasteiger partial charge in [-0.1, -0.05) is 4.73 Å². The van der Waals surface area contributed by atoms with Gasteiger partial charge in [0, 0.05) is 0 Å². The van der Waals surface area contributed by atoms with Crippen LogP contribution in [0.4, 0.5) is 0 Å². The minimum Gasteiger partial charge on any atom is -0.304 e. The van der Waals surface area contributed by atoms with E-state index in [4.69, 9.17) is 22.7 Å². The number of phosphoric ester groups is 2. The van der Waals surface area contributed by atoms with E-state index in [1.54, 1.807) is 0 Å². The molecular weight excluding hydrogens is 462 g/mol. The molecular formula is C15H12N2O12P2. The van der Waals surface area contributed by atoms with Crippen LogP contribution in [-0.4, -0.2) is 41.0 Å². The number of aromatic amines is 1. The first-order valence-electron chi connectivity index (χ1n) is 8.65. The zero-order valence-electron chi connectivity index (χ0n) is 15.3. The molecule has 0 saturated carbocycles. The molecule has 1 spiro atoms. The minimum absolute atomic E-state index is 0.0797.